The minimum Gasteiger partial charge on any atom is -0.494 e. The second-order valence-electron chi connectivity index (χ2n) is 5.25. The maximum Gasteiger partial charge on any atom is 0.208 e. The number of nitrogens with one attached hydrogen (secondary N) is 1. The highest BCUT2D eigenvalue weighted by atomic mass is 35.5. The number of methoxy groups -OCH3 is 1. The lowest BCUT2D eigenvalue weighted by molar-refractivity contribution is 0.386. The lowest BCUT2D eigenvalue weighted by Crippen LogP contribution is -2.09. The SMILES string of the molecule is COc1ccc(-c2ccc(-c3c(C)[nH]cc(Cl)c3=O)cn2)cc1F. The van der Waals surface area contributed by atoms with Crippen LogP contribution in [0.15, 0.2) is 47.5 Å². The molecule has 0 aliphatic heterocycles. The van der Waals surface area contributed by atoms with Crippen LogP contribution in [0.3, 0.4) is 0 Å². The van der Waals surface area contributed by atoms with Crippen LogP contribution in [0.2, 0.25) is 5.02 Å². The number of aryl methyl sites for hydroxylation is 1. The minimum absolute atomic E-state index is 0.122. The van der Waals surface area contributed by atoms with Gasteiger partial charge in [-0.1, -0.05) is 17.7 Å². The number of halogens is 2. The summed E-state index contributed by atoms with van der Waals surface area (Å²) in [5, 5.41) is 0.122. The van der Waals surface area contributed by atoms with Gasteiger partial charge in [-0.2, -0.15) is 0 Å². The number of rotatable bonds is 3. The summed E-state index contributed by atoms with van der Waals surface area (Å²) >= 11 is 5.89. The normalized spacial score (nSPS) is 10.7. The van der Waals surface area contributed by atoms with Crippen LogP contribution in [0, 0.1) is 12.7 Å². The fourth-order valence-corrected chi connectivity index (χ4v) is 2.63. The zero-order valence-electron chi connectivity index (χ0n) is 13.1. The monoisotopic (exact) mass is 344 g/mol. The van der Waals surface area contributed by atoms with Crippen molar-refractivity contribution in [2.24, 2.45) is 0 Å². The predicted octanol–water partition coefficient (Wildman–Crippen LogP) is 4.21. The van der Waals surface area contributed by atoms with Gasteiger partial charge in [-0.3, -0.25) is 9.78 Å². The third-order valence-corrected chi connectivity index (χ3v) is 4.01. The molecule has 0 aliphatic carbocycles. The van der Waals surface area contributed by atoms with Crippen molar-refractivity contribution in [1.29, 1.82) is 0 Å². The van der Waals surface area contributed by atoms with Gasteiger partial charge in [-0.25, -0.2) is 4.39 Å². The Hall–Kier alpha value is -2.66. The van der Waals surface area contributed by atoms with Crippen LogP contribution in [0.5, 0.6) is 5.75 Å². The summed E-state index contributed by atoms with van der Waals surface area (Å²) in [6.07, 6.45) is 3.04. The predicted molar refractivity (Wildman–Crippen MR) is 92.0 cm³/mol. The van der Waals surface area contributed by atoms with Crippen LogP contribution < -0.4 is 10.2 Å². The number of H-pyrrole nitrogens is 1. The first kappa shape index (κ1) is 16.2. The fraction of sp³-hybridized carbons (Fsp3) is 0.111. The first-order valence-electron chi connectivity index (χ1n) is 7.19. The highest BCUT2D eigenvalue weighted by Crippen LogP contribution is 2.26. The van der Waals surface area contributed by atoms with Crippen molar-refractivity contribution in [3.63, 3.8) is 0 Å². The minimum atomic E-state index is -0.456. The van der Waals surface area contributed by atoms with Crippen LogP contribution in [-0.4, -0.2) is 17.1 Å². The lowest BCUT2D eigenvalue weighted by Gasteiger charge is -2.08. The molecule has 0 saturated carbocycles. The molecular weight excluding hydrogens is 331 g/mol. The van der Waals surface area contributed by atoms with E-state index >= 15 is 0 Å². The number of ether oxygens (including phenoxy) is 1. The third-order valence-electron chi connectivity index (χ3n) is 3.73. The van der Waals surface area contributed by atoms with E-state index in [0.717, 1.165) is 0 Å². The van der Waals surface area contributed by atoms with Gasteiger partial charge in [-0.15, -0.1) is 0 Å². The molecule has 1 aromatic carbocycles. The molecule has 2 heterocycles. The summed E-state index contributed by atoms with van der Waals surface area (Å²) in [4.78, 5) is 19.5. The number of hydrogen-bond acceptors (Lipinski definition) is 3. The summed E-state index contributed by atoms with van der Waals surface area (Å²) in [5.41, 5.74) is 2.79. The molecule has 0 fully saturated rings. The van der Waals surface area contributed by atoms with Gasteiger partial charge in [0.1, 0.15) is 5.02 Å². The Morgan fingerprint density at radius 3 is 2.58 bits per heavy atom. The molecule has 0 bridgehead atoms. The topological polar surface area (TPSA) is 55.0 Å². The molecule has 0 saturated heterocycles. The maximum absolute atomic E-state index is 13.8. The van der Waals surface area contributed by atoms with E-state index in [2.05, 4.69) is 9.97 Å². The Bertz CT molecular complexity index is 952. The van der Waals surface area contributed by atoms with Crippen LogP contribution >= 0.6 is 11.6 Å². The summed E-state index contributed by atoms with van der Waals surface area (Å²) in [5.74, 6) is -0.278. The second kappa shape index (κ2) is 6.45. The van der Waals surface area contributed by atoms with Gasteiger partial charge in [0.25, 0.3) is 0 Å². The first-order chi connectivity index (χ1) is 11.5. The Kier molecular flexibility index (Phi) is 4.36. The van der Waals surface area contributed by atoms with Gasteiger partial charge >= 0.3 is 0 Å². The highest BCUT2D eigenvalue weighted by Gasteiger charge is 2.12. The van der Waals surface area contributed by atoms with Gasteiger partial charge in [0.15, 0.2) is 11.6 Å². The van der Waals surface area contributed by atoms with Gasteiger partial charge in [-0.05, 0) is 31.2 Å². The summed E-state index contributed by atoms with van der Waals surface area (Å²) in [6.45, 7) is 1.79. The van der Waals surface area contributed by atoms with Gasteiger partial charge < -0.3 is 9.72 Å². The largest absolute Gasteiger partial charge is 0.494 e. The van der Waals surface area contributed by atoms with E-state index < -0.39 is 5.82 Å². The van der Waals surface area contributed by atoms with E-state index in [1.165, 1.54) is 19.4 Å². The first-order valence-corrected chi connectivity index (χ1v) is 7.57. The highest BCUT2D eigenvalue weighted by molar-refractivity contribution is 6.30. The molecule has 0 spiro atoms. The molecule has 4 nitrogen and oxygen atoms in total. The molecule has 0 atom stereocenters. The van der Waals surface area contributed by atoms with Crippen LogP contribution in [0.25, 0.3) is 22.4 Å². The van der Waals surface area contributed by atoms with Crippen molar-refractivity contribution in [1.82, 2.24) is 9.97 Å². The standard InChI is InChI=1S/C18H14ClFN2O2/c1-10-17(18(23)13(19)9-21-10)12-3-5-15(22-8-12)11-4-6-16(24-2)14(20)7-11/h3-9H,1-2H3,(H,21,23). The number of aromatic amines is 1. The molecule has 6 heteroatoms. The quantitative estimate of drug-likeness (QED) is 0.774. The maximum atomic E-state index is 13.8. The number of benzene rings is 1. The van der Waals surface area contributed by atoms with Crippen LogP contribution in [0.1, 0.15) is 5.69 Å². The molecule has 3 aromatic rings. The fourth-order valence-electron chi connectivity index (χ4n) is 2.48. The van der Waals surface area contributed by atoms with Crippen molar-refractivity contribution >= 4 is 11.6 Å². The number of nitrogens with zero attached hydrogens (tertiary/aromatic N) is 1. The van der Waals surface area contributed by atoms with Crippen LogP contribution in [-0.2, 0) is 0 Å². The van der Waals surface area contributed by atoms with E-state index in [4.69, 9.17) is 16.3 Å². The summed E-state index contributed by atoms with van der Waals surface area (Å²) in [7, 11) is 1.41. The molecule has 0 radical (unpaired) electrons. The summed E-state index contributed by atoms with van der Waals surface area (Å²) < 4.78 is 18.7. The molecule has 0 amide bonds. The van der Waals surface area contributed by atoms with Gasteiger partial charge in [0.2, 0.25) is 5.43 Å². The average molecular weight is 345 g/mol. The zero-order valence-corrected chi connectivity index (χ0v) is 13.8. The van der Waals surface area contributed by atoms with E-state index in [9.17, 15) is 9.18 Å². The number of aromatic nitrogens is 2. The Balaban J connectivity index is 2.02. The zero-order chi connectivity index (χ0) is 17.3. The van der Waals surface area contributed by atoms with E-state index in [-0.39, 0.29) is 16.2 Å². The Morgan fingerprint density at radius 2 is 1.96 bits per heavy atom. The van der Waals surface area contributed by atoms with E-state index in [1.807, 2.05) is 0 Å². The van der Waals surface area contributed by atoms with Crippen molar-refractivity contribution in [2.75, 3.05) is 7.11 Å². The van der Waals surface area contributed by atoms with Crippen molar-refractivity contribution in [3.8, 4) is 28.1 Å². The molecule has 0 unspecified atom stereocenters. The third kappa shape index (κ3) is 2.90. The molecule has 0 aliphatic rings. The van der Waals surface area contributed by atoms with Crippen molar-refractivity contribution in [2.45, 2.75) is 6.92 Å². The molecule has 2 aromatic heterocycles. The number of pyridine rings is 2. The Morgan fingerprint density at radius 1 is 1.21 bits per heavy atom. The second-order valence-corrected chi connectivity index (χ2v) is 5.65. The van der Waals surface area contributed by atoms with Gasteiger partial charge in [0, 0.05) is 29.2 Å². The van der Waals surface area contributed by atoms with Crippen LogP contribution in [0.4, 0.5) is 4.39 Å². The summed E-state index contributed by atoms with van der Waals surface area (Å²) in [6, 6.07) is 8.13. The molecule has 3 rings (SSSR count). The lowest BCUT2D eigenvalue weighted by atomic mass is 10.0. The smallest absolute Gasteiger partial charge is 0.208 e. The van der Waals surface area contributed by atoms with E-state index in [0.29, 0.717) is 28.1 Å². The molecule has 1 N–H and O–H groups in total. The van der Waals surface area contributed by atoms with E-state index in [1.54, 1.807) is 37.4 Å². The van der Waals surface area contributed by atoms with Gasteiger partial charge in [0.05, 0.1) is 18.4 Å². The molecule has 24 heavy (non-hydrogen) atoms. The molecule has 122 valence electrons. The molecular formula is C18H14ClFN2O2. The Labute approximate surface area is 142 Å². The average Bonchev–Trinajstić information content (AvgIpc) is 2.59. The van der Waals surface area contributed by atoms with Crippen molar-refractivity contribution in [3.05, 3.63) is 69.5 Å². The number of hydrogen-bond donors (Lipinski definition) is 1. The van der Waals surface area contributed by atoms with Crippen molar-refractivity contribution < 1.29 is 9.13 Å².